The van der Waals surface area contributed by atoms with Crippen molar-refractivity contribution >= 4 is 10.8 Å². The van der Waals surface area contributed by atoms with Crippen LogP contribution in [0, 0.1) is 17.5 Å². The van der Waals surface area contributed by atoms with Crippen molar-refractivity contribution in [3.05, 3.63) is 84.2 Å². The molecular weight excluding hydrogens is 297 g/mol. The molecule has 0 aromatic heterocycles. The second kappa shape index (κ2) is 6.29. The largest absolute Gasteiger partial charge is 0.204 e. The zero-order valence-corrected chi connectivity index (χ0v) is 12.5. The molecule has 0 unspecified atom stereocenters. The van der Waals surface area contributed by atoms with Crippen LogP contribution in [0.15, 0.2) is 61.2 Å². The van der Waals surface area contributed by atoms with Crippen LogP contribution in [-0.2, 0) is 6.42 Å². The van der Waals surface area contributed by atoms with Crippen LogP contribution in [0.2, 0.25) is 0 Å². The highest BCUT2D eigenvalue weighted by molar-refractivity contribution is 5.88. The standard InChI is InChI=1S/C20H15F3/c1-2-3-4-13-5-7-14(8-6-13)15-9-10-17-16(11-15)12-18(21)20(23)19(17)22/h2,5-12H,1,3-4H2. The highest BCUT2D eigenvalue weighted by Gasteiger charge is 2.13. The smallest absolute Gasteiger partial charge is 0.195 e. The second-order valence-corrected chi connectivity index (χ2v) is 5.45. The SMILES string of the molecule is C=CCCc1ccc(-c2ccc3c(F)c(F)c(F)cc3c2)cc1. The van der Waals surface area contributed by atoms with E-state index in [1.807, 2.05) is 30.3 Å². The third kappa shape index (κ3) is 3.00. The zero-order valence-electron chi connectivity index (χ0n) is 12.5. The number of rotatable bonds is 4. The quantitative estimate of drug-likeness (QED) is 0.407. The number of hydrogen-bond acceptors (Lipinski definition) is 0. The molecule has 0 bridgehead atoms. The molecule has 116 valence electrons. The van der Waals surface area contributed by atoms with E-state index >= 15 is 0 Å². The summed E-state index contributed by atoms with van der Waals surface area (Å²) in [4.78, 5) is 0. The molecule has 0 atom stereocenters. The molecule has 0 amide bonds. The number of allylic oxidation sites excluding steroid dienone is 1. The Balaban J connectivity index is 2.00. The predicted molar refractivity (Wildman–Crippen MR) is 87.8 cm³/mol. The fourth-order valence-corrected chi connectivity index (χ4v) is 2.62. The summed E-state index contributed by atoms with van der Waals surface area (Å²) < 4.78 is 40.4. The van der Waals surface area contributed by atoms with Gasteiger partial charge in [-0.05, 0) is 47.1 Å². The van der Waals surface area contributed by atoms with Crippen molar-refractivity contribution in [2.24, 2.45) is 0 Å². The Bertz CT molecular complexity index is 864. The molecule has 3 aromatic rings. The first-order valence-corrected chi connectivity index (χ1v) is 7.37. The Morgan fingerprint density at radius 3 is 2.22 bits per heavy atom. The van der Waals surface area contributed by atoms with Gasteiger partial charge in [-0.3, -0.25) is 0 Å². The molecule has 3 heteroatoms. The van der Waals surface area contributed by atoms with Gasteiger partial charge in [0, 0.05) is 5.39 Å². The molecule has 0 radical (unpaired) electrons. The minimum Gasteiger partial charge on any atom is -0.204 e. The van der Waals surface area contributed by atoms with Gasteiger partial charge in [-0.2, -0.15) is 0 Å². The van der Waals surface area contributed by atoms with Gasteiger partial charge in [-0.25, -0.2) is 13.2 Å². The maximum atomic E-state index is 13.7. The summed E-state index contributed by atoms with van der Waals surface area (Å²) in [5, 5.41) is 0.421. The van der Waals surface area contributed by atoms with Gasteiger partial charge in [0.25, 0.3) is 0 Å². The fourth-order valence-electron chi connectivity index (χ4n) is 2.62. The highest BCUT2D eigenvalue weighted by Crippen LogP contribution is 2.28. The van der Waals surface area contributed by atoms with E-state index in [-0.39, 0.29) is 5.39 Å². The van der Waals surface area contributed by atoms with Crippen LogP contribution in [-0.4, -0.2) is 0 Å². The zero-order chi connectivity index (χ0) is 16.4. The summed E-state index contributed by atoms with van der Waals surface area (Å²) in [5.41, 5.74) is 2.98. The maximum absolute atomic E-state index is 13.7. The number of hydrogen-bond donors (Lipinski definition) is 0. The molecule has 0 heterocycles. The average Bonchev–Trinajstić information content (AvgIpc) is 2.58. The molecule has 0 aliphatic rings. The summed E-state index contributed by atoms with van der Waals surface area (Å²) >= 11 is 0. The summed E-state index contributed by atoms with van der Waals surface area (Å²) in [6.07, 6.45) is 3.72. The van der Waals surface area contributed by atoms with Gasteiger partial charge in [-0.1, -0.05) is 42.5 Å². The van der Waals surface area contributed by atoms with Crippen molar-refractivity contribution < 1.29 is 13.2 Å². The molecule has 0 spiro atoms. The van der Waals surface area contributed by atoms with Crippen LogP contribution in [0.3, 0.4) is 0 Å². The predicted octanol–water partition coefficient (Wildman–Crippen LogP) is 6.04. The first kappa shape index (κ1) is 15.3. The lowest BCUT2D eigenvalue weighted by molar-refractivity contribution is 0.453. The number of aryl methyl sites for hydroxylation is 1. The third-order valence-electron chi connectivity index (χ3n) is 3.90. The molecule has 3 aromatic carbocycles. The average molecular weight is 312 g/mol. The summed E-state index contributed by atoms with van der Waals surface area (Å²) in [6, 6.07) is 13.9. The van der Waals surface area contributed by atoms with Crippen molar-refractivity contribution in [2.75, 3.05) is 0 Å². The van der Waals surface area contributed by atoms with Crippen LogP contribution in [0.25, 0.3) is 21.9 Å². The van der Waals surface area contributed by atoms with Crippen molar-refractivity contribution in [2.45, 2.75) is 12.8 Å². The molecular formula is C20H15F3. The van der Waals surface area contributed by atoms with Gasteiger partial charge in [0.1, 0.15) is 0 Å². The van der Waals surface area contributed by atoms with E-state index in [9.17, 15) is 13.2 Å². The van der Waals surface area contributed by atoms with E-state index in [1.165, 1.54) is 11.6 Å². The van der Waals surface area contributed by atoms with E-state index in [0.717, 1.165) is 30.0 Å². The Labute approximate surface area is 132 Å². The van der Waals surface area contributed by atoms with E-state index in [4.69, 9.17) is 0 Å². The van der Waals surface area contributed by atoms with Crippen LogP contribution in [0.5, 0.6) is 0 Å². The summed E-state index contributed by atoms with van der Waals surface area (Å²) in [5.74, 6) is -3.75. The van der Waals surface area contributed by atoms with Crippen molar-refractivity contribution in [3.63, 3.8) is 0 Å². The van der Waals surface area contributed by atoms with E-state index in [1.54, 1.807) is 12.1 Å². The molecule has 0 N–H and O–H groups in total. The van der Waals surface area contributed by atoms with E-state index in [0.29, 0.717) is 5.39 Å². The van der Waals surface area contributed by atoms with E-state index in [2.05, 4.69) is 6.58 Å². The molecule has 0 nitrogen and oxygen atoms in total. The summed E-state index contributed by atoms with van der Waals surface area (Å²) in [7, 11) is 0. The Morgan fingerprint density at radius 2 is 1.52 bits per heavy atom. The third-order valence-corrected chi connectivity index (χ3v) is 3.90. The second-order valence-electron chi connectivity index (χ2n) is 5.45. The van der Waals surface area contributed by atoms with Gasteiger partial charge >= 0.3 is 0 Å². The van der Waals surface area contributed by atoms with Gasteiger partial charge in [0.15, 0.2) is 17.5 Å². The van der Waals surface area contributed by atoms with Crippen molar-refractivity contribution in [3.8, 4) is 11.1 Å². The molecule has 0 aliphatic heterocycles. The van der Waals surface area contributed by atoms with Crippen LogP contribution < -0.4 is 0 Å². The molecule has 0 fully saturated rings. The molecule has 3 rings (SSSR count). The number of halogens is 3. The Hall–Kier alpha value is -2.55. The molecule has 0 aliphatic carbocycles. The van der Waals surface area contributed by atoms with Crippen LogP contribution in [0.1, 0.15) is 12.0 Å². The van der Waals surface area contributed by atoms with Gasteiger partial charge < -0.3 is 0 Å². The lowest BCUT2D eigenvalue weighted by Gasteiger charge is -2.07. The molecule has 0 saturated heterocycles. The van der Waals surface area contributed by atoms with Gasteiger partial charge in [0.05, 0.1) is 0 Å². The Kier molecular flexibility index (Phi) is 4.20. The number of fused-ring (bicyclic) bond motifs is 1. The lowest BCUT2D eigenvalue weighted by Crippen LogP contribution is -1.92. The monoisotopic (exact) mass is 312 g/mol. The normalized spacial score (nSPS) is 10.9. The van der Waals surface area contributed by atoms with Crippen LogP contribution >= 0.6 is 0 Å². The first-order valence-electron chi connectivity index (χ1n) is 7.37. The van der Waals surface area contributed by atoms with Crippen molar-refractivity contribution in [1.29, 1.82) is 0 Å². The first-order chi connectivity index (χ1) is 11.1. The van der Waals surface area contributed by atoms with Gasteiger partial charge in [-0.15, -0.1) is 6.58 Å². The highest BCUT2D eigenvalue weighted by atomic mass is 19.2. The minimum atomic E-state index is -1.43. The minimum absolute atomic E-state index is 0.0789. The number of benzene rings is 3. The lowest BCUT2D eigenvalue weighted by atomic mass is 9.99. The Morgan fingerprint density at radius 1 is 0.826 bits per heavy atom. The topological polar surface area (TPSA) is 0 Å². The molecule has 0 saturated carbocycles. The van der Waals surface area contributed by atoms with Crippen molar-refractivity contribution in [1.82, 2.24) is 0 Å². The molecule has 23 heavy (non-hydrogen) atoms. The maximum Gasteiger partial charge on any atom is 0.195 e. The van der Waals surface area contributed by atoms with Crippen LogP contribution in [0.4, 0.5) is 13.2 Å². The van der Waals surface area contributed by atoms with E-state index < -0.39 is 17.5 Å². The van der Waals surface area contributed by atoms with Gasteiger partial charge in [0.2, 0.25) is 0 Å². The summed E-state index contributed by atoms with van der Waals surface area (Å²) in [6.45, 7) is 3.70. The fraction of sp³-hybridized carbons (Fsp3) is 0.100.